The lowest BCUT2D eigenvalue weighted by Crippen LogP contribution is -2.09. The van der Waals surface area contributed by atoms with Crippen LogP contribution in [-0.4, -0.2) is 15.0 Å². The Hall–Kier alpha value is -1.91. The van der Waals surface area contributed by atoms with Crippen molar-refractivity contribution < 1.29 is 12.6 Å². The molecule has 0 radical (unpaired) electrons. The van der Waals surface area contributed by atoms with Crippen molar-refractivity contribution in [1.29, 1.82) is 0 Å². The summed E-state index contributed by atoms with van der Waals surface area (Å²) in [4.78, 5) is 0.155. The monoisotopic (exact) mass is 288 g/mol. The number of rotatable bonds is 5. The average Bonchev–Trinajstić information content (AvgIpc) is 2.44. The molecular weight excluding hydrogens is 272 g/mol. The first kappa shape index (κ1) is 14.5. The van der Waals surface area contributed by atoms with Crippen molar-refractivity contribution >= 4 is 33.0 Å². The highest BCUT2D eigenvalue weighted by atomic mass is 32.2. The van der Waals surface area contributed by atoms with Gasteiger partial charge in [-0.3, -0.25) is 4.18 Å². The summed E-state index contributed by atoms with van der Waals surface area (Å²) < 4.78 is 29.7. The Morgan fingerprint density at radius 1 is 1.20 bits per heavy atom. The maximum atomic E-state index is 12.4. The molecule has 0 heterocycles. The van der Waals surface area contributed by atoms with Gasteiger partial charge in [0.05, 0.1) is 6.61 Å². The summed E-state index contributed by atoms with van der Waals surface area (Å²) >= 11 is 0. The summed E-state index contributed by atoms with van der Waals surface area (Å²) in [6.45, 7) is 9.18. The second kappa shape index (κ2) is 5.61. The zero-order valence-corrected chi connectivity index (χ0v) is 12.1. The number of benzene rings is 2. The van der Waals surface area contributed by atoms with Crippen LogP contribution in [0.3, 0.4) is 0 Å². The predicted molar refractivity (Wildman–Crippen MR) is 82.9 cm³/mol. The van der Waals surface area contributed by atoms with Crippen LogP contribution >= 0.6 is 0 Å². The van der Waals surface area contributed by atoms with E-state index in [1.165, 1.54) is 6.08 Å². The fraction of sp³-hybridized carbons (Fsp3) is 0.125. The molecule has 2 aromatic rings. The smallest absolute Gasteiger partial charge is 0.267 e. The molecule has 0 atom stereocenters. The maximum Gasteiger partial charge on any atom is 0.298 e. The van der Waals surface area contributed by atoms with Crippen LogP contribution in [0.5, 0.6) is 0 Å². The van der Waals surface area contributed by atoms with E-state index in [1.54, 1.807) is 25.1 Å². The highest BCUT2D eigenvalue weighted by molar-refractivity contribution is 7.87. The van der Waals surface area contributed by atoms with Crippen molar-refractivity contribution in [3.05, 3.63) is 54.6 Å². The van der Waals surface area contributed by atoms with Gasteiger partial charge in [0.25, 0.3) is 10.1 Å². The fourth-order valence-electron chi connectivity index (χ4n) is 2.21. The van der Waals surface area contributed by atoms with E-state index in [9.17, 15) is 8.42 Å². The van der Waals surface area contributed by atoms with Gasteiger partial charge in [-0.2, -0.15) is 8.42 Å². The zero-order chi connectivity index (χ0) is 14.8. The first-order valence-electron chi connectivity index (χ1n) is 6.25. The topological polar surface area (TPSA) is 43.4 Å². The summed E-state index contributed by atoms with van der Waals surface area (Å²) in [6, 6.07) is 9.18. The average molecular weight is 288 g/mol. The van der Waals surface area contributed by atoms with E-state index in [0.29, 0.717) is 10.9 Å². The first-order valence-corrected chi connectivity index (χ1v) is 7.66. The molecule has 0 aromatic heterocycles. The lowest BCUT2D eigenvalue weighted by molar-refractivity contribution is 0.338. The molecule has 3 nitrogen and oxygen atoms in total. The molecule has 0 aliphatic rings. The highest BCUT2D eigenvalue weighted by Gasteiger charge is 2.23. The minimum atomic E-state index is -3.83. The van der Waals surface area contributed by atoms with Gasteiger partial charge in [0.1, 0.15) is 4.90 Å². The van der Waals surface area contributed by atoms with Gasteiger partial charge in [0, 0.05) is 10.9 Å². The molecular formula is C16H16O3S. The fourth-order valence-corrected chi connectivity index (χ4v) is 3.57. The van der Waals surface area contributed by atoms with Gasteiger partial charge in [-0.15, -0.1) is 0 Å². The van der Waals surface area contributed by atoms with Crippen molar-refractivity contribution in [2.24, 2.45) is 0 Å². The predicted octanol–water partition coefficient (Wildman–Crippen LogP) is 3.85. The van der Waals surface area contributed by atoms with Crippen LogP contribution in [0.25, 0.3) is 22.9 Å². The molecule has 2 aromatic carbocycles. The van der Waals surface area contributed by atoms with Gasteiger partial charge in [0.15, 0.2) is 0 Å². The van der Waals surface area contributed by atoms with Crippen molar-refractivity contribution in [2.45, 2.75) is 11.8 Å². The minimum Gasteiger partial charge on any atom is -0.267 e. The Morgan fingerprint density at radius 3 is 2.50 bits per heavy atom. The molecule has 0 saturated carbocycles. The SMILES string of the molecule is C=Cc1cc2ccccc2c(S(=O)(=O)OCC)c1C=C. The van der Waals surface area contributed by atoms with Gasteiger partial charge in [-0.1, -0.05) is 49.6 Å². The lowest BCUT2D eigenvalue weighted by atomic mass is 10.0. The van der Waals surface area contributed by atoms with Gasteiger partial charge in [-0.25, -0.2) is 0 Å². The Bertz CT molecular complexity index is 774. The third kappa shape index (κ3) is 2.40. The van der Waals surface area contributed by atoms with E-state index in [0.717, 1.165) is 10.9 Å². The Balaban J connectivity index is 2.98. The molecule has 20 heavy (non-hydrogen) atoms. The van der Waals surface area contributed by atoms with E-state index in [1.807, 2.05) is 18.2 Å². The second-order valence-electron chi connectivity index (χ2n) is 4.20. The molecule has 0 amide bonds. The van der Waals surface area contributed by atoms with Crippen LogP contribution in [0.1, 0.15) is 18.1 Å². The molecule has 4 heteroatoms. The van der Waals surface area contributed by atoms with E-state index in [4.69, 9.17) is 4.18 Å². The van der Waals surface area contributed by atoms with Crippen LogP contribution < -0.4 is 0 Å². The molecule has 2 rings (SSSR count). The maximum absolute atomic E-state index is 12.4. The van der Waals surface area contributed by atoms with E-state index in [-0.39, 0.29) is 11.5 Å². The summed E-state index contributed by atoms with van der Waals surface area (Å²) in [5, 5.41) is 1.45. The summed E-state index contributed by atoms with van der Waals surface area (Å²) in [6.07, 6.45) is 3.14. The Kier molecular flexibility index (Phi) is 4.06. The molecule has 0 saturated heterocycles. The van der Waals surface area contributed by atoms with Crippen molar-refractivity contribution in [3.63, 3.8) is 0 Å². The zero-order valence-electron chi connectivity index (χ0n) is 11.3. The van der Waals surface area contributed by atoms with Crippen LogP contribution in [0.15, 0.2) is 48.4 Å². The molecule has 0 aliphatic heterocycles. The molecule has 0 bridgehead atoms. The normalized spacial score (nSPS) is 11.4. The number of hydrogen-bond acceptors (Lipinski definition) is 3. The van der Waals surface area contributed by atoms with Gasteiger partial charge in [-0.05, 0) is 23.9 Å². The molecule has 0 aliphatic carbocycles. The lowest BCUT2D eigenvalue weighted by Gasteiger charge is -2.13. The van der Waals surface area contributed by atoms with Crippen LogP contribution in [-0.2, 0) is 14.3 Å². The summed E-state index contributed by atoms with van der Waals surface area (Å²) in [5.74, 6) is 0. The van der Waals surface area contributed by atoms with E-state index >= 15 is 0 Å². The molecule has 0 fully saturated rings. The van der Waals surface area contributed by atoms with Gasteiger partial charge in [0.2, 0.25) is 0 Å². The van der Waals surface area contributed by atoms with Crippen LogP contribution in [0.4, 0.5) is 0 Å². The third-order valence-corrected chi connectivity index (χ3v) is 4.50. The summed E-state index contributed by atoms with van der Waals surface area (Å²) in [7, 11) is -3.83. The Labute approximate surface area is 119 Å². The van der Waals surface area contributed by atoms with Crippen molar-refractivity contribution in [1.82, 2.24) is 0 Å². The van der Waals surface area contributed by atoms with Crippen LogP contribution in [0.2, 0.25) is 0 Å². The van der Waals surface area contributed by atoms with Gasteiger partial charge >= 0.3 is 0 Å². The van der Waals surface area contributed by atoms with Crippen molar-refractivity contribution in [3.8, 4) is 0 Å². The van der Waals surface area contributed by atoms with E-state index in [2.05, 4.69) is 13.2 Å². The van der Waals surface area contributed by atoms with Crippen molar-refractivity contribution in [2.75, 3.05) is 6.61 Å². The van der Waals surface area contributed by atoms with Crippen LogP contribution in [0, 0.1) is 0 Å². The molecule has 0 spiro atoms. The van der Waals surface area contributed by atoms with E-state index < -0.39 is 10.1 Å². The number of hydrogen-bond donors (Lipinski definition) is 0. The third-order valence-electron chi connectivity index (χ3n) is 3.02. The highest BCUT2D eigenvalue weighted by Crippen LogP contribution is 2.32. The summed E-state index contributed by atoms with van der Waals surface area (Å²) in [5.41, 5.74) is 1.24. The minimum absolute atomic E-state index is 0.0888. The quantitative estimate of drug-likeness (QED) is 0.785. The largest absolute Gasteiger partial charge is 0.298 e. The Morgan fingerprint density at radius 2 is 1.90 bits per heavy atom. The molecule has 0 unspecified atom stereocenters. The standard InChI is InChI=1S/C16H16O3S/c1-4-12-11-13-9-7-8-10-15(13)16(14(12)5-2)20(17,18)19-6-3/h4-5,7-11H,1-2,6H2,3H3. The number of fused-ring (bicyclic) bond motifs is 1. The molecule has 0 N–H and O–H groups in total. The first-order chi connectivity index (χ1) is 9.55. The molecule has 104 valence electrons. The second-order valence-corrected chi connectivity index (χ2v) is 5.75. The van der Waals surface area contributed by atoms with Gasteiger partial charge < -0.3 is 0 Å².